The van der Waals surface area contributed by atoms with E-state index in [1.165, 1.54) is 9.21 Å². The minimum Gasteiger partial charge on any atom is -0.481 e. The lowest BCUT2D eigenvalue weighted by Crippen LogP contribution is -2.47. The summed E-state index contributed by atoms with van der Waals surface area (Å²) in [4.78, 5) is 25.1. The highest BCUT2D eigenvalue weighted by Gasteiger charge is 2.46. The van der Waals surface area contributed by atoms with E-state index in [9.17, 15) is 23.1 Å². The third-order valence-electron chi connectivity index (χ3n) is 4.22. The van der Waals surface area contributed by atoms with Crippen LogP contribution in [0.5, 0.6) is 0 Å². The van der Waals surface area contributed by atoms with E-state index < -0.39 is 27.4 Å². The molecule has 8 heteroatoms. The number of rotatable bonds is 3. The van der Waals surface area contributed by atoms with Crippen LogP contribution in [0.2, 0.25) is 0 Å². The number of likely N-dealkylation sites (tertiary alicyclic amines) is 1. The zero-order valence-electron chi connectivity index (χ0n) is 11.7. The highest BCUT2D eigenvalue weighted by Crippen LogP contribution is 2.32. The predicted molar refractivity (Wildman–Crippen MR) is 71.5 cm³/mol. The molecule has 2 heterocycles. The van der Waals surface area contributed by atoms with Crippen molar-refractivity contribution in [1.29, 1.82) is 0 Å². The number of carbonyl (C=O) groups is 2. The first-order chi connectivity index (χ1) is 9.15. The molecule has 0 spiro atoms. The molecule has 0 unspecified atom stereocenters. The number of carboxylic acids is 1. The fourth-order valence-corrected chi connectivity index (χ4v) is 4.04. The molecule has 2 saturated heterocycles. The van der Waals surface area contributed by atoms with Crippen LogP contribution in [-0.4, -0.2) is 66.5 Å². The van der Waals surface area contributed by atoms with Crippen molar-refractivity contribution in [2.24, 2.45) is 5.41 Å². The molecule has 2 rings (SSSR count). The second-order valence-corrected chi connectivity index (χ2v) is 7.84. The number of aliphatic carboxylic acids is 1. The van der Waals surface area contributed by atoms with Crippen LogP contribution in [-0.2, 0) is 19.6 Å². The summed E-state index contributed by atoms with van der Waals surface area (Å²) in [6, 6.07) is -0.666. The average molecular weight is 304 g/mol. The van der Waals surface area contributed by atoms with Gasteiger partial charge in [0.15, 0.2) is 0 Å². The Morgan fingerprint density at radius 3 is 2.45 bits per heavy atom. The Balaban J connectivity index is 2.11. The van der Waals surface area contributed by atoms with Gasteiger partial charge < -0.3 is 10.0 Å². The monoisotopic (exact) mass is 304 g/mol. The average Bonchev–Trinajstić information content (AvgIpc) is 2.94. The van der Waals surface area contributed by atoms with Crippen molar-refractivity contribution in [3.8, 4) is 0 Å². The second-order valence-electron chi connectivity index (χ2n) is 5.91. The first-order valence-corrected chi connectivity index (χ1v) is 8.49. The highest BCUT2D eigenvalue weighted by molar-refractivity contribution is 7.88. The van der Waals surface area contributed by atoms with Gasteiger partial charge in [0.25, 0.3) is 0 Å². The van der Waals surface area contributed by atoms with Crippen LogP contribution >= 0.6 is 0 Å². The largest absolute Gasteiger partial charge is 0.481 e. The minimum atomic E-state index is -3.40. The molecule has 2 aliphatic heterocycles. The Kier molecular flexibility index (Phi) is 3.81. The minimum absolute atomic E-state index is 0.148. The summed E-state index contributed by atoms with van der Waals surface area (Å²) >= 11 is 0. The SMILES string of the molecule is C[C@]1(C(=O)O)CCN(C(=O)[C@@H]2CCCN2S(C)(=O)=O)C1. The molecule has 0 aromatic heterocycles. The van der Waals surface area contributed by atoms with E-state index >= 15 is 0 Å². The van der Waals surface area contributed by atoms with Gasteiger partial charge in [0.1, 0.15) is 6.04 Å². The molecule has 2 fully saturated rings. The fourth-order valence-electron chi connectivity index (χ4n) is 2.92. The molecule has 0 bridgehead atoms. The van der Waals surface area contributed by atoms with Crippen LogP contribution in [0.1, 0.15) is 26.2 Å². The van der Waals surface area contributed by atoms with E-state index in [2.05, 4.69) is 0 Å². The van der Waals surface area contributed by atoms with Crippen LogP contribution in [0, 0.1) is 5.41 Å². The van der Waals surface area contributed by atoms with Gasteiger partial charge in [0.05, 0.1) is 11.7 Å². The molecule has 1 amide bonds. The smallest absolute Gasteiger partial charge is 0.311 e. The molecular weight excluding hydrogens is 284 g/mol. The first-order valence-electron chi connectivity index (χ1n) is 6.64. The lowest BCUT2D eigenvalue weighted by Gasteiger charge is -2.27. The third kappa shape index (κ3) is 2.67. The summed E-state index contributed by atoms with van der Waals surface area (Å²) in [5.41, 5.74) is -0.926. The number of amides is 1. The number of carbonyl (C=O) groups excluding carboxylic acids is 1. The number of sulfonamides is 1. The van der Waals surface area contributed by atoms with Crippen LogP contribution in [0.3, 0.4) is 0 Å². The molecular formula is C12H20N2O5S. The topological polar surface area (TPSA) is 95.0 Å². The van der Waals surface area contributed by atoms with Gasteiger partial charge in [0.2, 0.25) is 15.9 Å². The second kappa shape index (κ2) is 5.00. The summed E-state index contributed by atoms with van der Waals surface area (Å²) < 4.78 is 24.5. The molecule has 0 aliphatic carbocycles. The predicted octanol–water partition coefficient (Wildman–Crippen LogP) is -0.266. The van der Waals surface area contributed by atoms with Crippen molar-refractivity contribution in [2.45, 2.75) is 32.2 Å². The van der Waals surface area contributed by atoms with Crippen molar-refractivity contribution >= 4 is 21.9 Å². The van der Waals surface area contributed by atoms with Crippen LogP contribution < -0.4 is 0 Å². The maximum absolute atomic E-state index is 12.4. The molecule has 0 aromatic carbocycles. The third-order valence-corrected chi connectivity index (χ3v) is 5.51. The normalized spacial score (nSPS) is 31.7. The summed E-state index contributed by atoms with van der Waals surface area (Å²) in [7, 11) is -3.40. The standard InChI is InChI=1S/C12H20N2O5S/c1-12(11(16)17)5-7-13(8-12)10(15)9-4-3-6-14(9)20(2,18)19/h9H,3-8H2,1-2H3,(H,16,17)/t9-,12-/m0/s1. The molecule has 20 heavy (non-hydrogen) atoms. The summed E-state index contributed by atoms with van der Waals surface area (Å²) in [6.07, 6.45) is 2.67. The molecule has 0 radical (unpaired) electrons. The van der Waals surface area contributed by atoms with E-state index in [1.54, 1.807) is 6.92 Å². The van der Waals surface area contributed by atoms with Gasteiger partial charge in [0, 0.05) is 19.6 Å². The summed E-state index contributed by atoms with van der Waals surface area (Å²) in [6.45, 7) is 2.50. The van der Waals surface area contributed by atoms with Gasteiger partial charge in [-0.25, -0.2) is 8.42 Å². The quantitative estimate of drug-likeness (QED) is 0.774. The van der Waals surface area contributed by atoms with Gasteiger partial charge in [-0.1, -0.05) is 0 Å². The van der Waals surface area contributed by atoms with Gasteiger partial charge in [-0.05, 0) is 26.2 Å². The fraction of sp³-hybridized carbons (Fsp3) is 0.833. The van der Waals surface area contributed by atoms with Gasteiger partial charge >= 0.3 is 5.97 Å². The van der Waals surface area contributed by atoms with Crippen molar-refractivity contribution in [3.63, 3.8) is 0 Å². The Labute approximate surface area is 118 Å². The lowest BCUT2D eigenvalue weighted by atomic mass is 9.90. The van der Waals surface area contributed by atoms with Crippen LogP contribution in [0.15, 0.2) is 0 Å². The molecule has 114 valence electrons. The highest BCUT2D eigenvalue weighted by atomic mass is 32.2. The van der Waals surface area contributed by atoms with Crippen molar-refractivity contribution in [2.75, 3.05) is 25.9 Å². The molecule has 7 nitrogen and oxygen atoms in total. The van der Waals surface area contributed by atoms with E-state index in [0.717, 1.165) is 6.26 Å². The van der Waals surface area contributed by atoms with Gasteiger partial charge in [-0.15, -0.1) is 0 Å². The van der Waals surface area contributed by atoms with E-state index in [-0.39, 0.29) is 12.5 Å². The molecule has 0 saturated carbocycles. The molecule has 0 aromatic rings. The first kappa shape index (κ1) is 15.2. The number of nitrogens with zero attached hydrogens (tertiary/aromatic N) is 2. The summed E-state index contributed by atoms with van der Waals surface area (Å²) in [5.74, 6) is -1.18. The van der Waals surface area contributed by atoms with Crippen LogP contribution in [0.25, 0.3) is 0 Å². The lowest BCUT2D eigenvalue weighted by molar-refractivity contribution is -0.147. The number of hydrogen-bond acceptors (Lipinski definition) is 4. The van der Waals surface area contributed by atoms with E-state index in [1.807, 2.05) is 0 Å². The van der Waals surface area contributed by atoms with Crippen molar-refractivity contribution < 1.29 is 23.1 Å². The van der Waals surface area contributed by atoms with Gasteiger partial charge in [-0.3, -0.25) is 9.59 Å². The van der Waals surface area contributed by atoms with Crippen molar-refractivity contribution in [3.05, 3.63) is 0 Å². The van der Waals surface area contributed by atoms with E-state index in [4.69, 9.17) is 0 Å². The molecule has 1 N–H and O–H groups in total. The number of carboxylic acid groups (broad SMARTS) is 1. The molecule has 2 atom stereocenters. The van der Waals surface area contributed by atoms with E-state index in [0.29, 0.717) is 32.4 Å². The Morgan fingerprint density at radius 1 is 1.30 bits per heavy atom. The maximum atomic E-state index is 12.4. The molecule has 2 aliphatic rings. The summed E-state index contributed by atoms with van der Waals surface area (Å²) in [5, 5.41) is 9.17. The van der Waals surface area contributed by atoms with Crippen molar-refractivity contribution in [1.82, 2.24) is 9.21 Å². The number of hydrogen-bond donors (Lipinski definition) is 1. The zero-order valence-corrected chi connectivity index (χ0v) is 12.5. The van der Waals surface area contributed by atoms with Crippen LogP contribution in [0.4, 0.5) is 0 Å². The zero-order chi connectivity index (χ0) is 15.1. The Hall–Kier alpha value is -1.15. The van der Waals surface area contributed by atoms with Gasteiger partial charge in [-0.2, -0.15) is 4.31 Å². The Bertz CT molecular complexity index is 532. The maximum Gasteiger partial charge on any atom is 0.311 e. The Morgan fingerprint density at radius 2 is 1.95 bits per heavy atom.